The van der Waals surface area contributed by atoms with Crippen molar-refractivity contribution in [1.29, 1.82) is 0 Å². The molecule has 1 aliphatic rings. The highest BCUT2D eigenvalue weighted by atomic mass is 32.2. The van der Waals surface area contributed by atoms with Gasteiger partial charge in [-0.15, -0.1) is 0 Å². The third-order valence-electron chi connectivity index (χ3n) is 3.66. The number of para-hydroxylation sites is 1. The summed E-state index contributed by atoms with van der Waals surface area (Å²) in [5.74, 6) is 0.311. The molecule has 7 heteroatoms. The van der Waals surface area contributed by atoms with E-state index in [4.69, 9.17) is 12.2 Å². The zero-order chi connectivity index (χ0) is 14.3. The van der Waals surface area contributed by atoms with Crippen molar-refractivity contribution in [2.75, 3.05) is 11.5 Å². The number of aromatic amines is 1. The molecule has 2 heterocycles. The van der Waals surface area contributed by atoms with Gasteiger partial charge in [-0.05, 0) is 36.7 Å². The van der Waals surface area contributed by atoms with E-state index in [2.05, 4.69) is 4.98 Å². The van der Waals surface area contributed by atoms with Crippen LogP contribution in [0.2, 0.25) is 0 Å². The van der Waals surface area contributed by atoms with Gasteiger partial charge in [0.2, 0.25) is 0 Å². The third-order valence-corrected chi connectivity index (χ3v) is 5.82. The van der Waals surface area contributed by atoms with Crippen molar-refractivity contribution in [1.82, 2.24) is 9.55 Å². The van der Waals surface area contributed by atoms with E-state index in [0.29, 0.717) is 28.6 Å². The van der Waals surface area contributed by atoms with Gasteiger partial charge in [0, 0.05) is 6.54 Å². The largest absolute Gasteiger partial charge is 0.332 e. The van der Waals surface area contributed by atoms with Crippen LogP contribution in [-0.2, 0) is 16.4 Å². The Kier molecular flexibility index (Phi) is 3.25. The average Bonchev–Trinajstić information content (AvgIpc) is 2.74. The predicted octanol–water partition coefficient (Wildman–Crippen LogP) is 1.49. The summed E-state index contributed by atoms with van der Waals surface area (Å²) >= 11 is 5.22. The zero-order valence-electron chi connectivity index (χ0n) is 10.7. The van der Waals surface area contributed by atoms with E-state index in [-0.39, 0.29) is 23.0 Å². The number of H-pyrrole nitrogens is 1. The van der Waals surface area contributed by atoms with E-state index >= 15 is 0 Å². The normalized spacial score (nSPS) is 21.3. The number of nitrogens with zero attached hydrogens (tertiary/aromatic N) is 1. The Morgan fingerprint density at radius 1 is 1.35 bits per heavy atom. The van der Waals surface area contributed by atoms with Gasteiger partial charge in [0.05, 0.1) is 22.4 Å². The Morgan fingerprint density at radius 2 is 2.10 bits per heavy atom. The van der Waals surface area contributed by atoms with Gasteiger partial charge < -0.3 is 4.98 Å². The summed E-state index contributed by atoms with van der Waals surface area (Å²) in [6, 6.07) is 7.17. The van der Waals surface area contributed by atoms with E-state index < -0.39 is 9.84 Å². The summed E-state index contributed by atoms with van der Waals surface area (Å²) in [6.45, 7) is 0.359. The molecule has 5 nitrogen and oxygen atoms in total. The first kappa shape index (κ1) is 13.5. The fourth-order valence-corrected chi connectivity index (χ4v) is 4.76. The van der Waals surface area contributed by atoms with Gasteiger partial charge in [-0.2, -0.15) is 0 Å². The minimum Gasteiger partial charge on any atom is -0.332 e. The molecule has 3 rings (SSSR count). The van der Waals surface area contributed by atoms with Crippen LogP contribution in [0.15, 0.2) is 29.1 Å². The molecule has 0 spiro atoms. The summed E-state index contributed by atoms with van der Waals surface area (Å²) in [7, 11) is -2.94. The van der Waals surface area contributed by atoms with Crippen LogP contribution in [0.5, 0.6) is 0 Å². The first-order valence-corrected chi connectivity index (χ1v) is 8.61. The standard InChI is InChI=1S/C13H14N2O3S2/c16-12-10-3-1-2-4-11(10)14-13(19)15(12)7-9-5-6-20(17,18)8-9/h1-4,9H,5-8H2,(H,14,19)/t9-/m1/s1. The van der Waals surface area contributed by atoms with Gasteiger partial charge in [0.1, 0.15) is 0 Å². The number of aromatic nitrogens is 2. The maximum Gasteiger partial charge on any atom is 0.262 e. The summed E-state index contributed by atoms with van der Waals surface area (Å²) in [5.41, 5.74) is 0.548. The molecule has 2 aromatic rings. The smallest absolute Gasteiger partial charge is 0.262 e. The third kappa shape index (κ3) is 2.43. The second kappa shape index (κ2) is 4.82. The maximum atomic E-state index is 12.4. The predicted molar refractivity (Wildman–Crippen MR) is 80.2 cm³/mol. The van der Waals surface area contributed by atoms with E-state index in [1.54, 1.807) is 18.2 Å². The molecule has 0 bridgehead atoms. The number of fused-ring (bicyclic) bond motifs is 1. The zero-order valence-corrected chi connectivity index (χ0v) is 12.3. The van der Waals surface area contributed by atoms with Crippen LogP contribution in [0.4, 0.5) is 0 Å². The molecule has 0 saturated carbocycles. The highest BCUT2D eigenvalue weighted by Gasteiger charge is 2.28. The quantitative estimate of drug-likeness (QED) is 0.853. The average molecular weight is 310 g/mol. The number of benzene rings is 1. The molecule has 1 N–H and O–H groups in total. The molecule has 0 amide bonds. The lowest BCUT2D eigenvalue weighted by molar-refractivity contribution is 0.475. The van der Waals surface area contributed by atoms with Crippen LogP contribution in [0, 0.1) is 10.7 Å². The fourth-order valence-electron chi connectivity index (χ4n) is 2.64. The number of sulfone groups is 1. The Balaban J connectivity index is 2.04. The molecule has 0 radical (unpaired) electrons. The topological polar surface area (TPSA) is 71.9 Å². The summed E-state index contributed by atoms with van der Waals surface area (Å²) in [5, 5.41) is 0.571. The molecule has 1 aromatic carbocycles. The maximum absolute atomic E-state index is 12.4. The summed E-state index contributed by atoms with van der Waals surface area (Å²) in [6.07, 6.45) is 0.594. The van der Waals surface area contributed by atoms with Gasteiger partial charge >= 0.3 is 0 Å². The van der Waals surface area contributed by atoms with E-state index in [1.165, 1.54) is 4.57 Å². The van der Waals surface area contributed by atoms with Gasteiger partial charge in [0.15, 0.2) is 14.6 Å². The van der Waals surface area contributed by atoms with Crippen molar-refractivity contribution in [2.24, 2.45) is 5.92 Å². The molecule has 0 unspecified atom stereocenters. The Bertz CT molecular complexity index is 880. The van der Waals surface area contributed by atoms with Crippen molar-refractivity contribution in [2.45, 2.75) is 13.0 Å². The van der Waals surface area contributed by atoms with Crippen LogP contribution >= 0.6 is 12.2 Å². The van der Waals surface area contributed by atoms with Gasteiger partial charge in [0.25, 0.3) is 5.56 Å². The number of hydrogen-bond donors (Lipinski definition) is 1. The highest BCUT2D eigenvalue weighted by molar-refractivity contribution is 7.91. The monoisotopic (exact) mass is 310 g/mol. The number of hydrogen-bond acceptors (Lipinski definition) is 4. The van der Waals surface area contributed by atoms with E-state index in [9.17, 15) is 13.2 Å². The molecular formula is C13H14N2O3S2. The molecule has 20 heavy (non-hydrogen) atoms. The highest BCUT2D eigenvalue weighted by Crippen LogP contribution is 2.20. The lowest BCUT2D eigenvalue weighted by Gasteiger charge is -2.11. The molecule has 0 aliphatic carbocycles. The van der Waals surface area contributed by atoms with Gasteiger partial charge in [-0.1, -0.05) is 12.1 Å². The van der Waals surface area contributed by atoms with Crippen LogP contribution < -0.4 is 5.56 Å². The molecule has 1 atom stereocenters. The SMILES string of the molecule is O=c1c2ccccc2[nH]c(=S)n1C[C@H]1CCS(=O)(=O)C1. The molecule has 1 aromatic heterocycles. The molecule has 1 saturated heterocycles. The second-order valence-electron chi connectivity index (χ2n) is 5.16. The molecule has 1 aliphatic heterocycles. The fraction of sp³-hybridized carbons (Fsp3) is 0.385. The molecule has 106 valence electrons. The minimum absolute atomic E-state index is 0.0334. The lowest BCUT2D eigenvalue weighted by atomic mass is 10.1. The summed E-state index contributed by atoms with van der Waals surface area (Å²) < 4.78 is 24.8. The van der Waals surface area contributed by atoms with Crippen LogP contribution in [0.25, 0.3) is 10.9 Å². The number of rotatable bonds is 2. The summed E-state index contributed by atoms with van der Waals surface area (Å²) in [4.78, 5) is 15.4. The van der Waals surface area contributed by atoms with Crippen molar-refractivity contribution in [3.8, 4) is 0 Å². The second-order valence-corrected chi connectivity index (χ2v) is 7.78. The van der Waals surface area contributed by atoms with Crippen molar-refractivity contribution >= 4 is 33.0 Å². The van der Waals surface area contributed by atoms with Crippen LogP contribution in [0.1, 0.15) is 6.42 Å². The Morgan fingerprint density at radius 3 is 2.80 bits per heavy atom. The molecular weight excluding hydrogens is 296 g/mol. The lowest BCUT2D eigenvalue weighted by Crippen LogP contribution is -2.26. The van der Waals surface area contributed by atoms with E-state index in [0.717, 1.165) is 0 Å². The minimum atomic E-state index is -2.94. The van der Waals surface area contributed by atoms with Crippen molar-refractivity contribution < 1.29 is 8.42 Å². The Labute approximate surface area is 121 Å². The van der Waals surface area contributed by atoms with Gasteiger partial charge in [-0.25, -0.2) is 8.42 Å². The van der Waals surface area contributed by atoms with E-state index in [1.807, 2.05) is 6.07 Å². The first-order valence-electron chi connectivity index (χ1n) is 6.38. The van der Waals surface area contributed by atoms with Crippen LogP contribution in [-0.4, -0.2) is 29.5 Å². The van der Waals surface area contributed by atoms with Gasteiger partial charge in [-0.3, -0.25) is 9.36 Å². The Hall–Kier alpha value is -1.47. The first-order chi connectivity index (χ1) is 9.46. The molecule has 1 fully saturated rings. The van der Waals surface area contributed by atoms with Crippen molar-refractivity contribution in [3.63, 3.8) is 0 Å². The number of nitrogens with one attached hydrogen (secondary N) is 1. The van der Waals surface area contributed by atoms with Crippen molar-refractivity contribution in [3.05, 3.63) is 39.4 Å². The van der Waals surface area contributed by atoms with Crippen LogP contribution in [0.3, 0.4) is 0 Å².